The van der Waals surface area contributed by atoms with Gasteiger partial charge in [-0.15, -0.1) is 0 Å². The molecule has 1 atom stereocenters. The summed E-state index contributed by atoms with van der Waals surface area (Å²) in [4.78, 5) is 27.8. The first kappa shape index (κ1) is 29.5. The summed E-state index contributed by atoms with van der Waals surface area (Å²) in [6, 6.07) is 8.44. The number of sulfonamides is 1. The van der Waals surface area contributed by atoms with Gasteiger partial charge in [0.05, 0.1) is 27.0 Å². The van der Waals surface area contributed by atoms with Gasteiger partial charge in [-0.3, -0.25) is 13.9 Å². The Kier molecular flexibility index (Phi) is 9.75. The normalized spacial score (nSPS) is 12.7. The first-order valence-electron chi connectivity index (χ1n) is 10.5. The minimum atomic E-state index is -3.97. The van der Waals surface area contributed by atoms with Crippen LogP contribution in [0, 0.1) is 0 Å². The lowest BCUT2D eigenvalue weighted by molar-refractivity contribution is -0.140. The highest BCUT2D eigenvalue weighted by molar-refractivity contribution is 7.92. The number of halogens is 4. The van der Waals surface area contributed by atoms with Gasteiger partial charge in [-0.25, -0.2) is 8.42 Å². The average molecular weight is 583 g/mol. The number of rotatable bonds is 8. The van der Waals surface area contributed by atoms with E-state index in [4.69, 9.17) is 46.4 Å². The van der Waals surface area contributed by atoms with Crippen molar-refractivity contribution in [2.75, 3.05) is 17.1 Å². The van der Waals surface area contributed by atoms with Gasteiger partial charge in [0, 0.05) is 17.1 Å². The Bertz CT molecular complexity index is 1200. The van der Waals surface area contributed by atoms with E-state index in [9.17, 15) is 18.0 Å². The zero-order valence-electron chi connectivity index (χ0n) is 19.9. The topological polar surface area (TPSA) is 86.8 Å². The number of hydrogen-bond acceptors (Lipinski definition) is 4. The van der Waals surface area contributed by atoms with Crippen molar-refractivity contribution in [2.24, 2.45) is 0 Å². The molecule has 0 spiro atoms. The summed E-state index contributed by atoms with van der Waals surface area (Å²) in [5, 5.41) is 3.57. The lowest BCUT2D eigenvalue weighted by Crippen LogP contribution is -2.54. The van der Waals surface area contributed by atoms with Gasteiger partial charge in [-0.05, 0) is 57.5 Å². The van der Waals surface area contributed by atoms with Crippen LogP contribution in [0.25, 0.3) is 0 Å². The molecule has 0 saturated carbocycles. The van der Waals surface area contributed by atoms with Crippen LogP contribution in [0.3, 0.4) is 0 Å². The minimum Gasteiger partial charge on any atom is -0.350 e. The molecule has 0 aromatic heterocycles. The molecule has 0 saturated heterocycles. The quantitative estimate of drug-likeness (QED) is 0.422. The Morgan fingerprint density at radius 1 is 0.971 bits per heavy atom. The largest absolute Gasteiger partial charge is 0.350 e. The van der Waals surface area contributed by atoms with Gasteiger partial charge in [-0.1, -0.05) is 58.5 Å². The molecule has 2 aromatic carbocycles. The summed E-state index contributed by atoms with van der Waals surface area (Å²) in [5.74, 6) is -1.01. The molecular weight excluding hydrogens is 556 g/mol. The van der Waals surface area contributed by atoms with Gasteiger partial charge in [0.2, 0.25) is 21.8 Å². The Balaban J connectivity index is 2.47. The molecule has 2 amide bonds. The van der Waals surface area contributed by atoms with Crippen LogP contribution >= 0.6 is 46.4 Å². The van der Waals surface area contributed by atoms with Crippen molar-refractivity contribution >= 4 is 73.9 Å². The van der Waals surface area contributed by atoms with Crippen LogP contribution in [-0.2, 0) is 26.2 Å². The minimum absolute atomic E-state index is 0.000371. The molecule has 1 N–H and O–H groups in total. The molecule has 0 heterocycles. The van der Waals surface area contributed by atoms with Gasteiger partial charge in [-0.2, -0.15) is 0 Å². The van der Waals surface area contributed by atoms with E-state index in [1.165, 1.54) is 17.0 Å². The number of anilines is 1. The second-order valence-electron chi connectivity index (χ2n) is 9.05. The molecular formula is C23H27Cl4N3O4S. The van der Waals surface area contributed by atoms with E-state index in [1.807, 2.05) is 20.8 Å². The van der Waals surface area contributed by atoms with Crippen molar-refractivity contribution in [1.82, 2.24) is 10.2 Å². The maximum Gasteiger partial charge on any atom is 0.244 e. The predicted octanol–water partition coefficient (Wildman–Crippen LogP) is 5.40. The van der Waals surface area contributed by atoms with Gasteiger partial charge in [0.25, 0.3) is 0 Å². The summed E-state index contributed by atoms with van der Waals surface area (Å²) in [5.41, 5.74) is 0.166. The third kappa shape index (κ3) is 8.43. The van der Waals surface area contributed by atoms with Crippen LogP contribution in [0.5, 0.6) is 0 Å². The molecule has 0 radical (unpaired) electrons. The lowest BCUT2D eigenvalue weighted by atomic mass is 10.1. The highest BCUT2D eigenvalue weighted by atomic mass is 35.5. The van der Waals surface area contributed by atoms with Gasteiger partial charge in [0.1, 0.15) is 12.6 Å². The molecule has 2 aromatic rings. The average Bonchev–Trinajstić information content (AvgIpc) is 2.71. The first-order valence-corrected chi connectivity index (χ1v) is 13.8. The molecule has 0 aliphatic rings. The van der Waals surface area contributed by atoms with Crippen LogP contribution in [0.4, 0.5) is 5.69 Å². The molecule has 192 valence electrons. The fraction of sp³-hybridized carbons (Fsp3) is 0.391. The second kappa shape index (κ2) is 11.6. The van der Waals surface area contributed by atoms with Crippen molar-refractivity contribution in [3.8, 4) is 0 Å². The molecule has 2 rings (SSSR count). The highest BCUT2D eigenvalue weighted by Crippen LogP contribution is 2.35. The van der Waals surface area contributed by atoms with E-state index in [0.29, 0.717) is 10.6 Å². The monoisotopic (exact) mass is 581 g/mol. The van der Waals surface area contributed by atoms with E-state index in [0.717, 1.165) is 10.6 Å². The van der Waals surface area contributed by atoms with Crippen molar-refractivity contribution < 1.29 is 18.0 Å². The fourth-order valence-corrected chi connectivity index (χ4v) is 4.81. The molecule has 12 heteroatoms. The number of hydrogen-bond donors (Lipinski definition) is 1. The maximum atomic E-state index is 13.5. The van der Waals surface area contributed by atoms with E-state index < -0.39 is 40.0 Å². The number of amides is 2. The maximum absolute atomic E-state index is 13.5. The van der Waals surface area contributed by atoms with Gasteiger partial charge >= 0.3 is 0 Å². The SMILES string of the molecule is C[C@@H](C(=O)NC(C)(C)C)N(Cc1ccc(Cl)cc1)C(=O)CN(c1cc(Cl)c(Cl)cc1Cl)S(C)(=O)=O. The summed E-state index contributed by atoms with van der Waals surface area (Å²) in [6.45, 7) is 6.46. The number of carbonyl (C=O) groups is 2. The smallest absolute Gasteiger partial charge is 0.244 e. The number of carbonyl (C=O) groups excluding carboxylic acids is 2. The standard InChI is InChI=1S/C23H27Cl4N3O4S/c1-14(22(32)28-23(2,3)4)29(12-15-6-8-16(24)9-7-15)21(31)13-30(35(5,33)34)20-11-18(26)17(25)10-19(20)27/h6-11,14H,12-13H2,1-5H3,(H,28,32)/t14-/m0/s1. The van der Waals surface area contributed by atoms with Crippen molar-refractivity contribution in [1.29, 1.82) is 0 Å². The van der Waals surface area contributed by atoms with E-state index in [2.05, 4.69) is 5.32 Å². The molecule has 0 bridgehead atoms. The first-order chi connectivity index (χ1) is 16.0. The van der Waals surface area contributed by atoms with E-state index >= 15 is 0 Å². The van der Waals surface area contributed by atoms with E-state index in [1.54, 1.807) is 31.2 Å². The van der Waals surface area contributed by atoms with Crippen LogP contribution < -0.4 is 9.62 Å². The van der Waals surface area contributed by atoms with Crippen LogP contribution in [0.1, 0.15) is 33.3 Å². The zero-order chi connectivity index (χ0) is 26.7. The Labute approximate surface area is 226 Å². The van der Waals surface area contributed by atoms with Crippen LogP contribution in [0.15, 0.2) is 36.4 Å². The molecule has 0 fully saturated rings. The van der Waals surface area contributed by atoms with Gasteiger partial charge < -0.3 is 10.2 Å². The summed E-state index contributed by atoms with van der Waals surface area (Å²) in [7, 11) is -3.97. The van der Waals surface area contributed by atoms with Crippen molar-refractivity contribution in [3.63, 3.8) is 0 Å². The van der Waals surface area contributed by atoms with Crippen molar-refractivity contribution in [3.05, 3.63) is 62.1 Å². The van der Waals surface area contributed by atoms with Gasteiger partial charge in [0.15, 0.2) is 0 Å². The Hall–Kier alpha value is -1.71. The predicted molar refractivity (Wildman–Crippen MR) is 143 cm³/mol. The molecule has 35 heavy (non-hydrogen) atoms. The number of nitrogens with zero attached hydrogens (tertiary/aromatic N) is 2. The van der Waals surface area contributed by atoms with E-state index in [-0.39, 0.29) is 27.3 Å². The second-order valence-corrected chi connectivity index (χ2v) is 12.6. The van der Waals surface area contributed by atoms with Crippen molar-refractivity contribution in [2.45, 2.75) is 45.8 Å². The fourth-order valence-electron chi connectivity index (χ4n) is 3.14. The summed E-state index contributed by atoms with van der Waals surface area (Å²) >= 11 is 24.3. The molecule has 0 aliphatic carbocycles. The summed E-state index contributed by atoms with van der Waals surface area (Å²) in [6.07, 6.45) is 0.943. The molecule has 0 unspecified atom stereocenters. The van der Waals surface area contributed by atoms with Crippen LogP contribution in [-0.4, -0.2) is 49.5 Å². The third-order valence-corrected chi connectivity index (χ3v) is 7.27. The highest BCUT2D eigenvalue weighted by Gasteiger charge is 2.32. The summed E-state index contributed by atoms with van der Waals surface area (Å²) < 4.78 is 26.1. The lowest BCUT2D eigenvalue weighted by Gasteiger charge is -2.33. The third-order valence-electron chi connectivity index (χ3n) is 4.87. The zero-order valence-corrected chi connectivity index (χ0v) is 23.7. The Morgan fingerprint density at radius 3 is 2.03 bits per heavy atom. The Morgan fingerprint density at radius 2 is 1.51 bits per heavy atom. The molecule has 0 aliphatic heterocycles. The number of nitrogens with one attached hydrogen (secondary N) is 1. The molecule has 7 nitrogen and oxygen atoms in total. The number of benzene rings is 2. The van der Waals surface area contributed by atoms with Crippen LogP contribution in [0.2, 0.25) is 20.1 Å².